The molecule has 1 fully saturated rings. The number of nitrogens with one attached hydrogen (secondary N) is 1. The first kappa shape index (κ1) is 14.0. The Morgan fingerprint density at radius 2 is 1.90 bits per heavy atom. The Labute approximate surface area is 116 Å². The van der Waals surface area contributed by atoms with Gasteiger partial charge in [-0.15, -0.1) is 0 Å². The molecule has 1 saturated carbocycles. The molecule has 0 unspecified atom stereocenters. The first-order chi connectivity index (χ1) is 9.47. The number of carbonyl (C=O) groups excluding carboxylic acids is 2. The Kier molecular flexibility index (Phi) is 4.02. The average molecular weight is 276 g/mol. The van der Waals surface area contributed by atoms with Crippen LogP contribution >= 0.6 is 0 Å². The lowest BCUT2D eigenvalue weighted by Crippen LogP contribution is -2.33. The number of amides is 2. The van der Waals surface area contributed by atoms with E-state index in [1.165, 1.54) is 12.1 Å². The second kappa shape index (κ2) is 5.73. The highest BCUT2D eigenvalue weighted by molar-refractivity contribution is 5.99. The van der Waals surface area contributed by atoms with Crippen molar-refractivity contribution in [3.8, 4) is 0 Å². The summed E-state index contributed by atoms with van der Waals surface area (Å²) in [4.78, 5) is 34.0. The third-order valence-electron chi connectivity index (χ3n) is 3.53. The number of hydrogen-bond acceptors (Lipinski definition) is 3. The van der Waals surface area contributed by atoms with Crippen LogP contribution in [0.2, 0.25) is 0 Å². The molecule has 0 heterocycles. The zero-order valence-corrected chi connectivity index (χ0v) is 10.8. The maximum Gasteiger partial charge on any atom is 0.306 e. The van der Waals surface area contributed by atoms with Gasteiger partial charge in [0.1, 0.15) is 0 Å². The zero-order valence-electron chi connectivity index (χ0n) is 10.8. The summed E-state index contributed by atoms with van der Waals surface area (Å²) in [7, 11) is 0. The minimum Gasteiger partial charge on any atom is -0.481 e. The lowest BCUT2D eigenvalue weighted by molar-refractivity contribution is -0.141. The largest absolute Gasteiger partial charge is 0.481 e. The normalized spacial score (nSPS) is 21.4. The van der Waals surface area contributed by atoms with Gasteiger partial charge in [-0.2, -0.15) is 0 Å². The van der Waals surface area contributed by atoms with Gasteiger partial charge in [-0.05, 0) is 37.5 Å². The highest BCUT2D eigenvalue weighted by atomic mass is 16.4. The smallest absolute Gasteiger partial charge is 0.306 e. The van der Waals surface area contributed by atoms with Gasteiger partial charge in [-0.3, -0.25) is 14.4 Å². The molecule has 6 nitrogen and oxygen atoms in total. The van der Waals surface area contributed by atoms with Crippen LogP contribution in [0.3, 0.4) is 0 Å². The predicted molar refractivity (Wildman–Crippen MR) is 71.2 cm³/mol. The molecule has 2 amide bonds. The number of hydrogen-bond donors (Lipinski definition) is 3. The topological polar surface area (TPSA) is 109 Å². The third-order valence-corrected chi connectivity index (χ3v) is 3.53. The number of carbonyl (C=O) groups is 3. The molecule has 1 aliphatic carbocycles. The van der Waals surface area contributed by atoms with Crippen LogP contribution in [0.5, 0.6) is 0 Å². The summed E-state index contributed by atoms with van der Waals surface area (Å²) in [6, 6.07) is 6.01. The number of carboxylic acids is 1. The highest BCUT2D eigenvalue weighted by Crippen LogP contribution is 2.25. The first-order valence-corrected chi connectivity index (χ1v) is 6.41. The fourth-order valence-electron chi connectivity index (χ4n) is 2.42. The van der Waals surface area contributed by atoms with Crippen LogP contribution in [-0.4, -0.2) is 28.9 Å². The maximum atomic E-state index is 12.0. The molecule has 2 rings (SSSR count). The summed E-state index contributed by atoms with van der Waals surface area (Å²) in [5, 5.41) is 11.7. The SMILES string of the molecule is NC(=O)c1cccc(C(=O)N[C@H]2CC[C@@H](C(=O)O)C2)c1. The van der Waals surface area contributed by atoms with E-state index in [1.54, 1.807) is 12.1 Å². The van der Waals surface area contributed by atoms with E-state index in [0.717, 1.165) is 0 Å². The van der Waals surface area contributed by atoms with Gasteiger partial charge in [0, 0.05) is 17.2 Å². The quantitative estimate of drug-likeness (QED) is 0.754. The Balaban J connectivity index is 2.00. The van der Waals surface area contributed by atoms with Crippen molar-refractivity contribution >= 4 is 17.8 Å². The Hall–Kier alpha value is -2.37. The highest BCUT2D eigenvalue weighted by Gasteiger charge is 2.30. The van der Waals surface area contributed by atoms with Crippen molar-refractivity contribution in [2.24, 2.45) is 11.7 Å². The van der Waals surface area contributed by atoms with Crippen LogP contribution in [0, 0.1) is 5.92 Å². The van der Waals surface area contributed by atoms with E-state index in [2.05, 4.69) is 5.32 Å². The molecule has 0 aliphatic heterocycles. The molecule has 6 heteroatoms. The van der Waals surface area contributed by atoms with Crippen LogP contribution in [-0.2, 0) is 4.79 Å². The molecular formula is C14H16N2O4. The minimum atomic E-state index is -0.822. The van der Waals surface area contributed by atoms with E-state index < -0.39 is 17.8 Å². The van der Waals surface area contributed by atoms with E-state index >= 15 is 0 Å². The van der Waals surface area contributed by atoms with Gasteiger partial charge in [0.05, 0.1) is 5.92 Å². The van der Waals surface area contributed by atoms with Gasteiger partial charge in [0.2, 0.25) is 5.91 Å². The Morgan fingerprint density at radius 3 is 2.50 bits per heavy atom. The van der Waals surface area contributed by atoms with Crippen LogP contribution in [0.25, 0.3) is 0 Å². The average Bonchev–Trinajstić information content (AvgIpc) is 2.87. The summed E-state index contributed by atoms with van der Waals surface area (Å²) in [5.41, 5.74) is 5.78. The number of aliphatic carboxylic acids is 1. The summed E-state index contributed by atoms with van der Waals surface area (Å²) in [6.45, 7) is 0. The van der Waals surface area contributed by atoms with E-state index in [1.807, 2.05) is 0 Å². The molecule has 1 aromatic carbocycles. The van der Waals surface area contributed by atoms with Gasteiger partial charge < -0.3 is 16.2 Å². The molecular weight excluding hydrogens is 260 g/mol. The van der Waals surface area contributed by atoms with Crippen molar-refractivity contribution in [2.45, 2.75) is 25.3 Å². The number of nitrogens with two attached hydrogens (primary N) is 1. The molecule has 0 spiro atoms. The van der Waals surface area contributed by atoms with E-state index in [9.17, 15) is 14.4 Å². The molecule has 0 radical (unpaired) electrons. The molecule has 2 atom stereocenters. The van der Waals surface area contributed by atoms with E-state index in [0.29, 0.717) is 24.8 Å². The van der Waals surface area contributed by atoms with Gasteiger partial charge >= 0.3 is 5.97 Å². The molecule has 0 saturated heterocycles. The van der Waals surface area contributed by atoms with E-state index in [4.69, 9.17) is 10.8 Å². The fourth-order valence-corrected chi connectivity index (χ4v) is 2.42. The second-order valence-corrected chi connectivity index (χ2v) is 4.96. The second-order valence-electron chi connectivity index (χ2n) is 4.96. The van der Waals surface area contributed by atoms with Crippen molar-refractivity contribution in [3.63, 3.8) is 0 Å². The minimum absolute atomic E-state index is 0.138. The maximum absolute atomic E-state index is 12.0. The van der Waals surface area contributed by atoms with Gasteiger partial charge in [-0.25, -0.2) is 0 Å². The number of primary amides is 1. The van der Waals surface area contributed by atoms with Crippen LogP contribution in [0.4, 0.5) is 0 Å². The predicted octanol–water partition coefficient (Wildman–Crippen LogP) is 0.769. The Morgan fingerprint density at radius 1 is 1.20 bits per heavy atom. The third kappa shape index (κ3) is 3.14. The van der Waals surface area contributed by atoms with Gasteiger partial charge in [0.15, 0.2) is 0 Å². The van der Waals surface area contributed by atoms with E-state index in [-0.39, 0.29) is 17.5 Å². The molecule has 1 aromatic rings. The number of carboxylic acid groups (broad SMARTS) is 1. The van der Waals surface area contributed by atoms with Gasteiger partial charge in [-0.1, -0.05) is 6.07 Å². The summed E-state index contributed by atoms with van der Waals surface area (Å²) in [6.07, 6.45) is 1.66. The van der Waals surface area contributed by atoms with Crippen LogP contribution in [0.1, 0.15) is 40.0 Å². The molecule has 4 N–H and O–H groups in total. The number of rotatable bonds is 4. The van der Waals surface area contributed by atoms with Crippen molar-refractivity contribution in [1.29, 1.82) is 0 Å². The lowest BCUT2D eigenvalue weighted by Gasteiger charge is -2.12. The Bertz CT molecular complexity index is 556. The lowest BCUT2D eigenvalue weighted by atomic mass is 10.1. The van der Waals surface area contributed by atoms with Crippen molar-refractivity contribution in [3.05, 3.63) is 35.4 Å². The summed E-state index contributed by atoms with van der Waals surface area (Å²) < 4.78 is 0. The molecule has 1 aliphatic rings. The summed E-state index contributed by atoms with van der Waals surface area (Å²) >= 11 is 0. The molecule has 0 bridgehead atoms. The van der Waals surface area contributed by atoms with Crippen molar-refractivity contribution in [1.82, 2.24) is 5.32 Å². The zero-order chi connectivity index (χ0) is 14.7. The standard InChI is InChI=1S/C14H16N2O4/c15-12(17)8-2-1-3-9(6-8)13(18)16-11-5-4-10(7-11)14(19)20/h1-3,6,10-11H,4-5,7H2,(H2,15,17)(H,16,18)(H,19,20)/t10-,11+/m1/s1. The summed E-state index contributed by atoms with van der Waals surface area (Å²) in [5.74, 6) is -2.12. The molecule has 106 valence electrons. The monoisotopic (exact) mass is 276 g/mol. The van der Waals surface area contributed by atoms with Crippen LogP contribution in [0.15, 0.2) is 24.3 Å². The van der Waals surface area contributed by atoms with Crippen molar-refractivity contribution < 1.29 is 19.5 Å². The first-order valence-electron chi connectivity index (χ1n) is 6.41. The molecule has 20 heavy (non-hydrogen) atoms. The van der Waals surface area contributed by atoms with Crippen LogP contribution < -0.4 is 11.1 Å². The number of benzene rings is 1. The van der Waals surface area contributed by atoms with Crippen molar-refractivity contribution in [2.75, 3.05) is 0 Å². The molecule has 0 aromatic heterocycles. The fraction of sp³-hybridized carbons (Fsp3) is 0.357. The van der Waals surface area contributed by atoms with Gasteiger partial charge in [0.25, 0.3) is 5.91 Å².